The average molecular weight is 230 g/mol. The fourth-order valence-electron chi connectivity index (χ4n) is 1.87. The summed E-state index contributed by atoms with van der Waals surface area (Å²) in [6.07, 6.45) is 3.36. The zero-order valence-electron chi connectivity index (χ0n) is 10.7. The lowest BCUT2D eigenvalue weighted by atomic mass is 10.1. The lowest BCUT2D eigenvalue weighted by molar-refractivity contribution is 0.415. The molecule has 0 amide bonds. The van der Waals surface area contributed by atoms with Crippen LogP contribution >= 0.6 is 0 Å². The first-order valence-electron chi connectivity index (χ1n) is 6.06. The first-order chi connectivity index (χ1) is 8.24. The van der Waals surface area contributed by atoms with Crippen molar-refractivity contribution in [2.24, 2.45) is 0 Å². The van der Waals surface area contributed by atoms with Crippen molar-refractivity contribution in [2.45, 2.75) is 33.1 Å². The molecule has 0 aliphatic heterocycles. The molecule has 90 valence electrons. The van der Waals surface area contributed by atoms with Crippen LogP contribution in [-0.2, 0) is 6.42 Å². The maximum absolute atomic E-state index is 5.19. The van der Waals surface area contributed by atoms with Gasteiger partial charge >= 0.3 is 0 Å². The molecular weight excluding hydrogens is 212 g/mol. The number of nitrogens with zero attached hydrogens (tertiary/aromatic N) is 2. The third-order valence-electron chi connectivity index (χ3n) is 2.91. The van der Waals surface area contributed by atoms with Gasteiger partial charge in [0.25, 0.3) is 0 Å². The summed E-state index contributed by atoms with van der Waals surface area (Å²) in [6, 6.07) is 5.82. The fraction of sp³-hybridized carbons (Fsp3) is 0.429. The molecule has 1 heterocycles. The number of benzene rings is 1. The van der Waals surface area contributed by atoms with Gasteiger partial charge in [0.1, 0.15) is 5.75 Å². The van der Waals surface area contributed by atoms with Crippen LogP contribution in [0.1, 0.15) is 31.2 Å². The van der Waals surface area contributed by atoms with Crippen LogP contribution in [0.3, 0.4) is 0 Å². The van der Waals surface area contributed by atoms with Gasteiger partial charge in [-0.05, 0) is 31.9 Å². The Bertz CT molecular complexity index is 523. The zero-order valence-corrected chi connectivity index (χ0v) is 10.7. The summed E-state index contributed by atoms with van der Waals surface area (Å²) in [5.74, 6) is 0.826. The number of methoxy groups -OCH3 is 1. The Hall–Kier alpha value is -1.64. The smallest absolute Gasteiger partial charge is 0.121 e. The fourth-order valence-corrected chi connectivity index (χ4v) is 1.87. The minimum Gasteiger partial charge on any atom is -0.497 e. The number of hydrogen-bond acceptors (Lipinski definition) is 3. The number of rotatable bonds is 4. The zero-order chi connectivity index (χ0) is 12.3. The molecule has 0 aliphatic carbocycles. The summed E-state index contributed by atoms with van der Waals surface area (Å²) in [7, 11) is 1.66. The van der Waals surface area contributed by atoms with Crippen molar-refractivity contribution < 1.29 is 4.74 Å². The maximum atomic E-state index is 5.19. The molecule has 0 spiro atoms. The molecule has 3 heteroatoms. The van der Waals surface area contributed by atoms with E-state index in [0.717, 1.165) is 41.0 Å². The summed E-state index contributed by atoms with van der Waals surface area (Å²) in [4.78, 5) is 9.26. The van der Waals surface area contributed by atoms with E-state index in [-0.39, 0.29) is 0 Å². The summed E-state index contributed by atoms with van der Waals surface area (Å²) in [5.41, 5.74) is 3.99. The highest BCUT2D eigenvalue weighted by molar-refractivity contribution is 5.76. The monoisotopic (exact) mass is 230 g/mol. The second-order valence-electron chi connectivity index (χ2n) is 4.21. The molecule has 0 fully saturated rings. The average Bonchev–Trinajstić information content (AvgIpc) is 2.35. The Labute approximate surface area is 102 Å². The van der Waals surface area contributed by atoms with Gasteiger partial charge in [-0.2, -0.15) is 0 Å². The van der Waals surface area contributed by atoms with Gasteiger partial charge in [0.05, 0.1) is 29.5 Å². The molecule has 0 saturated heterocycles. The SMILES string of the molecule is CCCCc1nc2ccc(OC)cc2nc1C. The van der Waals surface area contributed by atoms with E-state index >= 15 is 0 Å². The molecule has 2 aromatic rings. The van der Waals surface area contributed by atoms with E-state index in [1.807, 2.05) is 25.1 Å². The van der Waals surface area contributed by atoms with Crippen LogP contribution < -0.4 is 4.74 Å². The van der Waals surface area contributed by atoms with Crippen molar-refractivity contribution in [1.82, 2.24) is 9.97 Å². The number of ether oxygens (including phenoxy) is 1. The Morgan fingerprint density at radius 2 is 2.00 bits per heavy atom. The second kappa shape index (κ2) is 5.13. The van der Waals surface area contributed by atoms with Crippen molar-refractivity contribution in [2.75, 3.05) is 7.11 Å². The first kappa shape index (κ1) is 11.8. The summed E-state index contributed by atoms with van der Waals surface area (Å²) < 4.78 is 5.19. The number of aryl methyl sites for hydroxylation is 2. The van der Waals surface area contributed by atoms with Gasteiger partial charge in [-0.25, -0.2) is 9.97 Å². The molecule has 1 aromatic carbocycles. The Kier molecular flexibility index (Phi) is 3.57. The number of hydrogen-bond donors (Lipinski definition) is 0. The molecule has 0 N–H and O–H groups in total. The third-order valence-corrected chi connectivity index (χ3v) is 2.91. The highest BCUT2D eigenvalue weighted by atomic mass is 16.5. The molecule has 0 bridgehead atoms. The lowest BCUT2D eigenvalue weighted by Gasteiger charge is -2.07. The first-order valence-corrected chi connectivity index (χ1v) is 6.06. The summed E-state index contributed by atoms with van der Waals surface area (Å²) >= 11 is 0. The van der Waals surface area contributed by atoms with E-state index in [0.29, 0.717) is 0 Å². The predicted octanol–water partition coefficient (Wildman–Crippen LogP) is 3.29. The minimum atomic E-state index is 0.826. The van der Waals surface area contributed by atoms with Gasteiger partial charge in [-0.15, -0.1) is 0 Å². The molecular formula is C14H18N2O. The van der Waals surface area contributed by atoms with Crippen LogP contribution in [0.5, 0.6) is 5.75 Å². The predicted molar refractivity (Wildman–Crippen MR) is 69.4 cm³/mol. The van der Waals surface area contributed by atoms with Crippen LogP contribution in [-0.4, -0.2) is 17.1 Å². The van der Waals surface area contributed by atoms with Crippen molar-refractivity contribution in [3.05, 3.63) is 29.6 Å². The minimum absolute atomic E-state index is 0.826. The second-order valence-corrected chi connectivity index (χ2v) is 4.21. The standard InChI is InChI=1S/C14H18N2O/c1-4-5-6-12-10(2)15-14-9-11(17-3)7-8-13(14)16-12/h7-9H,4-6H2,1-3H3. The topological polar surface area (TPSA) is 35.0 Å². The number of unbranched alkanes of at least 4 members (excludes halogenated alkanes) is 1. The van der Waals surface area contributed by atoms with Crippen LogP contribution in [0, 0.1) is 6.92 Å². The molecule has 2 rings (SSSR count). The van der Waals surface area contributed by atoms with E-state index in [9.17, 15) is 0 Å². The third kappa shape index (κ3) is 2.54. The molecule has 0 saturated carbocycles. The van der Waals surface area contributed by atoms with E-state index in [4.69, 9.17) is 4.74 Å². The van der Waals surface area contributed by atoms with Gasteiger partial charge in [-0.1, -0.05) is 13.3 Å². The summed E-state index contributed by atoms with van der Waals surface area (Å²) in [6.45, 7) is 4.21. The van der Waals surface area contributed by atoms with Crippen LogP contribution in [0.25, 0.3) is 11.0 Å². The van der Waals surface area contributed by atoms with E-state index < -0.39 is 0 Å². The van der Waals surface area contributed by atoms with Gasteiger partial charge in [0, 0.05) is 6.07 Å². The van der Waals surface area contributed by atoms with Crippen LogP contribution in [0.15, 0.2) is 18.2 Å². The van der Waals surface area contributed by atoms with Gasteiger partial charge in [0.15, 0.2) is 0 Å². The largest absolute Gasteiger partial charge is 0.497 e. The van der Waals surface area contributed by atoms with Crippen molar-refractivity contribution >= 4 is 11.0 Å². The summed E-state index contributed by atoms with van der Waals surface area (Å²) in [5, 5.41) is 0. The van der Waals surface area contributed by atoms with Crippen molar-refractivity contribution in [1.29, 1.82) is 0 Å². The number of fused-ring (bicyclic) bond motifs is 1. The molecule has 0 radical (unpaired) electrons. The molecule has 0 atom stereocenters. The molecule has 3 nitrogen and oxygen atoms in total. The highest BCUT2D eigenvalue weighted by Crippen LogP contribution is 2.19. The van der Waals surface area contributed by atoms with Gasteiger partial charge in [-0.3, -0.25) is 0 Å². The van der Waals surface area contributed by atoms with Crippen LogP contribution in [0.2, 0.25) is 0 Å². The Balaban J connectivity index is 2.43. The van der Waals surface area contributed by atoms with E-state index in [2.05, 4.69) is 16.9 Å². The van der Waals surface area contributed by atoms with Gasteiger partial charge in [0.2, 0.25) is 0 Å². The normalized spacial score (nSPS) is 10.8. The van der Waals surface area contributed by atoms with E-state index in [1.165, 1.54) is 6.42 Å². The van der Waals surface area contributed by atoms with Crippen molar-refractivity contribution in [3.8, 4) is 5.75 Å². The molecule has 17 heavy (non-hydrogen) atoms. The maximum Gasteiger partial charge on any atom is 0.121 e. The quantitative estimate of drug-likeness (QED) is 0.808. The molecule has 1 aromatic heterocycles. The lowest BCUT2D eigenvalue weighted by Crippen LogP contribution is -1.99. The van der Waals surface area contributed by atoms with Gasteiger partial charge < -0.3 is 4.74 Å². The van der Waals surface area contributed by atoms with Crippen LogP contribution in [0.4, 0.5) is 0 Å². The Morgan fingerprint density at radius 3 is 2.71 bits per heavy atom. The highest BCUT2D eigenvalue weighted by Gasteiger charge is 2.05. The molecule has 0 aliphatic rings. The van der Waals surface area contributed by atoms with Crippen molar-refractivity contribution in [3.63, 3.8) is 0 Å². The number of aromatic nitrogens is 2. The van der Waals surface area contributed by atoms with E-state index in [1.54, 1.807) is 7.11 Å². The Morgan fingerprint density at radius 1 is 1.18 bits per heavy atom. The molecule has 0 unspecified atom stereocenters.